The van der Waals surface area contributed by atoms with Crippen molar-refractivity contribution in [2.75, 3.05) is 32.8 Å². The molecule has 0 aromatic heterocycles. The Bertz CT molecular complexity index is 348. The predicted molar refractivity (Wildman–Crippen MR) is 75.5 cm³/mol. The minimum Gasteiger partial charge on any atom is -0.444 e. The SMILES string of the molecule is CCN(CC)C(=O)C1COCCN1C(=O)OC(C)(C)C. The molecule has 2 amide bonds. The van der Waals surface area contributed by atoms with Crippen molar-refractivity contribution in [2.24, 2.45) is 0 Å². The van der Waals surface area contributed by atoms with Crippen LogP contribution in [0.2, 0.25) is 0 Å². The van der Waals surface area contributed by atoms with Gasteiger partial charge in [0.15, 0.2) is 0 Å². The zero-order valence-corrected chi connectivity index (χ0v) is 13.1. The number of amides is 2. The minimum absolute atomic E-state index is 0.0828. The highest BCUT2D eigenvalue weighted by molar-refractivity contribution is 5.86. The van der Waals surface area contributed by atoms with E-state index in [0.29, 0.717) is 26.2 Å². The Kier molecular flexibility index (Phi) is 5.80. The lowest BCUT2D eigenvalue weighted by atomic mass is 10.2. The van der Waals surface area contributed by atoms with Crippen molar-refractivity contribution in [1.29, 1.82) is 0 Å². The molecule has 6 nitrogen and oxygen atoms in total. The van der Waals surface area contributed by atoms with Gasteiger partial charge in [0.2, 0.25) is 5.91 Å². The first-order valence-corrected chi connectivity index (χ1v) is 7.16. The summed E-state index contributed by atoms with van der Waals surface area (Å²) in [7, 11) is 0. The van der Waals surface area contributed by atoms with E-state index in [1.54, 1.807) is 4.90 Å². The van der Waals surface area contributed by atoms with Crippen LogP contribution < -0.4 is 0 Å². The first-order valence-electron chi connectivity index (χ1n) is 7.16. The summed E-state index contributed by atoms with van der Waals surface area (Å²) in [4.78, 5) is 27.8. The van der Waals surface area contributed by atoms with Gasteiger partial charge >= 0.3 is 6.09 Å². The molecule has 116 valence electrons. The molecule has 1 saturated heterocycles. The van der Waals surface area contributed by atoms with E-state index in [4.69, 9.17) is 9.47 Å². The molecule has 0 bridgehead atoms. The summed E-state index contributed by atoms with van der Waals surface area (Å²) in [6.07, 6.45) is -0.452. The number of likely N-dealkylation sites (N-methyl/N-ethyl adjacent to an activating group) is 1. The Morgan fingerprint density at radius 1 is 1.30 bits per heavy atom. The monoisotopic (exact) mass is 286 g/mol. The zero-order chi connectivity index (χ0) is 15.3. The van der Waals surface area contributed by atoms with Crippen molar-refractivity contribution in [3.8, 4) is 0 Å². The number of carbonyl (C=O) groups excluding carboxylic acids is 2. The van der Waals surface area contributed by atoms with Crippen LogP contribution >= 0.6 is 0 Å². The second kappa shape index (κ2) is 6.92. The van der Waals surface area contributed by atoms with Gasteiger partial charge in [-0.15, -0.1) is 0 Å². The fourth-order valence-electron chi connectivity index (χ4n) is 2.09. The van der Waals surface area contributed by atoms with E-state index in [2.05, 4.69) is 0 Å². The van der Waals surface area contributed by atoms with Crippen molar-refractivity contribution in [3.05, 3.63) is 0 Å². The largest absolute Gasteiger partial charge is 0.444 e. The standard InChI is InChI=1S/C14H26N2O4/c1-6-15(7-2)12(17)11-10-19-9-8-16(11)13(18)20-14(3,4)5/h11H,6-10H2,1-5H3. The van der Waals surface area contributed by atoms with E-state index in [0.717, 1.165) is 0 Å². The second-order valence-corrected chi connectivity index (χ2v) is 5.77. The van der Waals surface area contributed by atoms with Crippen LogP contribution in [-0.2, 0) is 14.3 Å². The maximum Gasteiger partial charge on any atom is 0.411 e. The van der Waals surface area contributed by atoms with E-state index in [1.807, 2.05) is 34.6 Å². The molecule has 1 rings (SSSR count). The summed E-state index contributed by atoms with van der Waals surface area (Å²) in [6.45, 7) is 11.6. The number of rotatable bonds is 3. The Morgan fingerprint density at radius 2 is 1.90 bits per heavy atom. The molecule has 0 aromatic carbocycles. The number of ether oxygens (including phenoxy) is 2. The number of nitrogens with zero attached hydrogens (tertiary/aromatic N) is 2. The lowest BCUT2D eigenvalue weighted by molar-refractivity contribution is -0.142. The van der Waals surface area contributed by atoms with E-state index >= 15 is 0 Å². The predicted octanol–water partition coefficient (Wildman–Crippen LogP) is 1.49. The van der Waals surface area contributed by atoms with E-state index in [1.165, 1.54) is 4.90 Å². The highest BCUT2D eigenvalue weighted by atomic mass is 16.6. The summed E-state index contributed by atoms with van der Waals surface area (Å²) in [5.41, 5.74) is -0.571. The number of hydrogen-bond acceptors (Lipinski definition) is 4. The molecule has 0 radical (unpaired) electrons. The van der Waals surface area contributed by atoms with Crippen molar-refractivity contribution >= 4 is 12.0 Å². The first kappa shape index (κ1) is 16.8. The van der Waals surface area contributed by atoms with Gasteiger partial charge in [-0.2, -0.15) is 0 Å². The van der Waals surface area contributed by atoms with Crippen LogP contribution in [0.5, 0.6) is 0 Å². The number of morpholine rings is 1. The Labute approximate surface area is 121 Å². The van der Waals surface area contributed by atoms with Crippen LogP contribution in [-0.4, -0.2) is 66.3 Å². The maximum absolute atomic E-state index is 12.4. The first-order chi connectivity index (χ1) is 9.30. The van der Waals surface area contributed by atoms with Crippen LogP contribution in [0.25, 0.3) is 0 Å². The van der Waals surface area contributed by atoms with Gasteiger partial charge in [-0.25, -0.2) is 4.79 Å². The molecule has 20 heavy (non-hydrogen) atoms. The summed E-state index contributed by atoms with van der Waals surface area (Å²) < 4.78 is 10.7. The molecule has 0 aliphatic carbocycles. The quantitative estimate of drug-likeness (QED) is 0.788. The van der Waals surface area contributed by atoms with Gasteiger partial charge in [-0.05, 0) is 34.6 Å². The molecule has 0 spiro atoms. The third-order valence-corrected chi connectivity index (χ3v) is 3.12. The lowest BCUT2D eigenvalue weighted by Gasteiger charge is -2.37. The normalized spacial score (nSPS) is 19.6. The third-order valence-electron chi connectivity index (χ3n) is 3.12. The topological polar surface area (TPSA) is 59.1 Å². The van der Waals surface area contributed by atoms with Gasteiger partial charge in [-0.3, -0.25) is 9.69 Å². The average Bonchev–Trinajstić information content (AvgIpc) is 2.38. The van der Waals surface area contributed by atoms with Crippen molar-refractivity contribution < 1.29 is 19.1 Å². The maximum atomic E-state index is 12.4. The molecule has 1 heterocycles. The van der Waals surface area contributed by atoms with Gasteiger partial charge < -0.3 is 14.4 Å². The molecule has 1 fully saturated rings. The van der Waals surface area contributed by atoms with Crippen LogP contribution in [0.4, 0.5) is 4.79 Å². The summed E-state index contributed by atoms with van der Waals surface area (Å²) >= 11 is 0. The molecule has 0 N–H and O–H groups in total. The Balaban J connectivity index is 2.81. The molecule has 1 aliphatic heterocycles. The van der Waals surface area contributed by atoms with Crippen LogP contribution in [0.1, 0.15) is 34.6 Å². The van der Waals surface area contributed by atoms with E-state index < -0.39 is 17.7 Å². The van der Waals surface area contributed by atoms with Gasteiger partial charge in [0.1, 0.15) is 11.6 Å². The molecular formula is C14H26N2O4. The minimum atomic E-state index is -0.585. The highest BCUT2D eigenvalue weighted by Crippen LogP contribution is 2.16. The number of hydrogen-bond donors (Lipinski definition) is 0. The zero-order valence-electron chi connectivity index (χ0n) is 13.1. The number of carbonyl (C=O) groups is 2. The van der Waals surface area contributed by atoms with Crippen LogP contribution in [0, 0.1) is 0 Å². The molecule has 0 saturated carbocycles. The van der Waals surface area contributed by atoms with Crippen molar-refractivity contribution in [3.63, 3.8) is 0 Å². The molecule has 1 unspecified atom stereocenters. The van der Waals surface area contributed by atoms with Gasteiger partial charge in [0.05, 0.1) is 13.2 Å². The van der Waals surface area contributed by atoms with E-state index in [-0.39, 0.29) is 12.5 Å². The van der Waals surface area contributed by atoms with Gasteiger partial charge in [0, 0.05) is 19.6 Å². The van der Waals surface area contributed by atoms with E-state index in [9.17, 15) is 9.59 Å². The van der Waals surface area contributed by atoms with Crippen LogP contribution in [0.15, 0.2) is 0 Å². The molecule has 1 aliphatic rings. The van der Waals surface area contributed by atoms with Gasteiger partial charge in [-0.1, -0.05) is 0 Å². The molecule has 1 atom stereocenters. The van der Waals surface area contributed by atoms with Crippen molar-refractivity contribution in [1.82, 2.24) is 9.80 Å². The third kappa shape index (κ3) is 4.37. The Morgan fingerprint density at radius 3 is 2.40 bits per heavy atom. The average molecular weight is 286 g/mol. The highest BCUT2D eigenvalue weighted by Gasteiger charge is 2.36. The van der Waals surface area contributed by atoms with Gasteiger partial charge in [0.25, 0.3) is 0 Å². The molecule has 6 heteroatoms. The lowest BCUT2D eigenvalue weighted by Crippen LogP contribution is -2.57. The fourth-order valence-corrected chi connectivity index (χ4v) is 2.09. The smallest absolute Gasteiger partial charge is 0.411 e. The Hall–Kier alpha value is -1.30. The second-order valence-electron chi connectivity index (χ2n) is 5.77. The summed E-state index contributed by atoms with van der Waals surface area (Å²) in [6, 6.07) is -0.585. The molecule has 0 aromatic rings. The fraction of sp³-hybridized carbons (Fsp3) is 0.857. The van der Waals surface area contributed by atoms with Crippen molar-refractivity contribution in [2.45, 2.75) is 46.3 Å². The summed E-state index contributed by atoms with van der Waals surface area (Å²) in [5, 5.41) is 0. The summed E-state index contributed by atoms with van der Waals surface area (Å²) in [5.74, 6) is -0.0828. The van der Waals surface area contributed by atoms with Crippen LogP contribution in [0.3, 0.4) is 0 Å². The molecular weight excluding hydrogens is 260 g/mol.